The van der Waals surface area contributed by atoms with Crippen molar-refractivity contribution in [3.05, 3.63) is 47.3 Å². The Balaban J connectivity index is 1.76. The van der Waals surface area contributed by atoms with E-state index in [1.807, 2.05) is 0 Å². The molecular formula is C21H25F3N4O5. The molecule has 2 heterocycles. The summed E-state index contributed by atoms with van der Waals surface area (Å²) in [4.78, 5) is 25.7. The molecule has 1 aliphatic heterocycles. The number of carbonyl (C=O) groups is 2. The van der Waals surface area contributed by atoms with Crippen molar-refractivity contribution in [3.8, 4) is 0 Å². The lowest BCUT2D eigenvalue weighted by Crippen LogP contribution is -2.36. The fourth-order valence-electron chi connectivity index (χ4n) is 3.28. The number of rotatable bonds is 5. The topological polar surface area (TPSA) is 95.8 Å². The highest BCUT2D eigenvalue weighted by atomic mass is 19.4. The molecule has 3 rings (SSSR count). The number of likely N-dealkylation sites (tertiary alicyclic amines) is 1. The number of aromatic nitrogens is 3. The molecule has 180 valence electrons. The van der Waals surface area contributed by atoms with Crippen molar-refractivity contribution in [1.82, 2.24) is 19.9 Å². The number of alkyl halides is 3. The van der Waals surface area contributed by atoms with Gasteiger partial charge in [-0.3, -0.25) is 0 Å². The van der Waals surface area contributed by atoms with Gasteiger partial charge in [-0.2, -0.15) is 13.2 Å². The normalized spacial score (nSPS) is 18.9. The molecule has 0 aliphatic carbocycles. The fraction of sp³-hybridized carbons (Fsp3) is 0.524. The van der Waals surface area contributed by atoms with E-state index in [9.17, 15) is 22.8 Å². The molecule has 1 aliphatic rings. The van der Waals surface area contributed by atoms with Crippen molar-refractivity contribution in [1.29, 1.82) is 0 Å². The van der Waals surface area contributed by atoms with Gasteiger partial charge in [0.15, 0.2) is 5.69 Å². The van der Waals surface area contributed by atoms with Gasteiger partial charge in [0.05, 0.1) is 44.2 Å². The van der Waals surface area contributed by atoms with Crippen LogP contribution in [0.5, 0.6) is 0 Å². The van der Waals surface area contributed by atoms with Crippen LogP contribution >= 0.6 is 0 Å². The molecule has 33 heavy (non-hydrogen) atoms. The maximum absolute atomic E-state index is 12.8. The van der Waals surface area contributed by atoms with Gasteiger partial charge >= 0.3 is 18.2 Å². The van der Waals surface area contributed by atoms with Gasteiger partial charge in [0, 0.05) is 6.54 Å². The Bertz CT molecular complexity index is 985. The van der Waals surface area contributed by atoms with E-state index in [2.05, 4.69) is 15.0 Å². The van der Waals surface area contributed by atoms with E-state index in [0.29, 0.717) is 5.56 Å². The van der Waals surface area contributed by atoms with Gasteiger partial charge in [-0.25, -0.2) is 14.3 Å². The molecule has 2 aromatic rings. The minimum absolute atomic E-state index is 0.00490. The smallest absolute Gasteiger partial charge is 0.416 e. The second-order valence-electron chi connectivity index (χ2n) is 8.57. The number of amides is 1. The summed E-state index contributed by atoms with van der Waals surface area (Å²) in [5, 5.41) is 7.75. The average Bonchev–Trinajstić information content (AvgIpc) is 3.37. The van der Waals surface area contributed by atoms with E-state index in [4.69, 9.17) is 9.47 Å². The van der Waals surface area contributed by atoms with Gasteiger partial charge in [-0.05, 0) is 38.5 Å². The fourth-order valence-corrected chi connectivity index (χ4v) is 3.28. The summed E-state index contributed by atoms with van der Waals surface area (Å²) in [5.41, 5.74) is -0.920. The third-order valence-electron chi connectivity index (χ3n) is 4.88. The molecule has 1 aromatic carbocycles. The maximum atomic E-state index is 12.8. The highest BCUT2D eigenvalue weighted by molar-refractivity contribution is 5.86. The summed E-state index contributed by atoms with van der Waals surface area (Å²) in [5.74, 6) is -0.662. The van der Waals surface area contributed by atoms with Crippen LogP contribution in [0.2, 0.25) is 0 Å². The van der Waals surface area contributed by atoms with Gasteiger partial charge in [-0.15, -0.1) is 5.10 Å². The van der Waals surface area contributed by atoms with Gasteiger partial charge in [0.1, 0.15) is 5.60 Å². The predicted octanol–water partition coefficient (Wildman–Crippen LogP) is 3.46. The van der Waals surface area contributed by atoms with E-state index in [-0.39, 0.29) is 25.4 Å². The number of halogens is 3. The summed E-state index contributed by atoms with van der Waals surface area (Å²) in [7, 11) is 1.22. The van der Waals surface area contributed by atoms with Crippen LogP contribution in [0.1, 0.15) is 48.4 Å². The number of esters is 1. The Morgan fingerprint density at radius 3 is 2.36 bits per heavy atom. The first-order chi connectivity index (χ1) is 15.4. The summed E-state index contributed by atoms with van der Waals surface area (Å²) in [6.07, 6.45) is -4.15. The second kappa shape index (κ2) is 9.38. The molecule has 0 spiro atoms. The van der Waals surface area contributed by atoms with E-state index in [0.717, 1.165) is 12.1 Å². The van der Waals surface area contributed by atoms with Crippen molar-refractivity contribution >= 4 is 12.1 Å². The van der Waals surface area contributed by atoms with E-state index in [1.165, 1.54) is 35.0 Å². The number of carbonyl (C=O) groups excluding carboxylic acids is 2. The Morgan fingerprint density at radius 2 is 1.79 bits per heavy atom. The molecule has 1 saturated heterocycles. The number of hydrogen-bond acceptors (Lipinski definition) is 7. The molecule has 0 N–H and O–H groups in total. The summed E-state index contributed by atoms with van der Waals surface area (Å²) < 4.78 is 55.8. The third kappa shape index (κ3) is 6.21. The van der Waals surface area contributed by atoms with Gasteiger partial charge in [0.25, 0.3) is 0 Å². The van der Waals surface area contributed by atoms with Crippen LogP contribution in [0.3, 0.4) is 0 Å². The molecule has 0 saturated carbocycles. The second-order valence-corrected chi connectivity index (χ2v) is 8.57. The molecular weight excluding hydrogens is 445 g/mol. The Morgan fingerprint density at radius 1 is 1.12 bits per heavy atom. The lowest BCUT2D eigenvalue weighted by molar-refractivity contribution is -0.137. The van der Waals surface area contributed by atoms with Crippen LogP contribution in [-0.2, 0) is 27.0 Å². The zero-order valence-electron chi connectivity index (χ0n) is 18.6. The van der Waals surface area contributed by atoms with Crippen LogP contribution < -0.4 is 0 Å². The highest BCUT2D eigenvalue weighted by Gasteiger charge is 2.40. The molecule has 9 nitrogen and oxygen atoms in total. The summed E-state index contributed by atoms with van der Waals surface area (Å²) in [6.45, 7) is 5.59. The van der Waals surface area contributed by atoms with Crippen LogP contribution in [0.15, 0.2) is 30.5 Å². The third-order valence-corrected chi connectivity index (χ3v) is 4.88. The van der Waals surface area contributed by atoms with Crippen molar-refractivity contribution in [3.63, 3.8) is 0 Å². The monoisotopic (exact) mass is 470 g/mol. The van der Waals surface area contributed by atoms with Crippen molar-refractivity contribution in [2.45, 2.75) is 51.3 Å². The summed E-state index contributed by atoms with van der Waals surface area (Å²) in [6, 6.07) is 4.14. The Kier molecular flexibility index (Phi) is 6.96. The highest BCUT2D eigenvalue weighted by Crippen LogP contribution is 2.30. The minimum atomic E-state index is -4.42. The van der Waals surface area contributed by atoms with Gasteiger partial charge in [0.2, 0.25) is 0 Å². The van der Waals surface area contributed by atoms with Crippen molar-refractivity contribution in [2.75, 3.05) is 20.2 Å². The minimum Gasteiger partial charge on any atom is -0.464 e. The van der Waals surface area contributed by atoms with Gasteiger partial charge in [-0.1, -0.05) is 17.3 Å². The standard InChI is InChI=1S/C21H25F3N4O5/c1-20(2,3)33-19(30)27-10-16(28-9-15(25-26-28)18(29)31-4)17(11-27)32-12-13-5-7-14(8-6-13)21(22,23)24/h5-9,16-17H,10-12H2,1-4H3. The van der Waals surface area contributed by atoms with Gasteiger partial charge < -0.3 is 19.1 Å². The molecule has 2 unspecified atom stereocenters. The Hall–Kier alpha value is -3.15. The summed E-state index contributed by atoms with van der Waals surface area (Å²) >= 11 is 0. The van der Waals surface area contributed by atoms with E-state index < -0.39 is 41.5 Å². The number of methoxy groups -OCH3 is 1. The first kappa shape index (κ1) is 24.5. The first-order valence-corrected chi connectivity index (χ1v) is 10.1. The molecule has 1 fully saturated rings. The van der Waals surface area contributed by atoms with E-state index >= 15 is 0 Å². The quantitative estimate of drug-likeness (QED) is 0.618. The van der Waals surface area contributed by atoms with Crippen molar-refractivity contribution in [2.24, 2.45) is 0 Å². The number of nitrogens with zero attached hydrogens (tertiary/aromatic N) is 4. The molecule has 2 atom stereocenters. The van der Waals surface area contributed by atoms with E-state index in [1.54, 1.807) is 20.8 Å². The van der Waals surface area contributed by atoms with Crippen LogP contribution in [-0.4, -0.2) is 63.9 Å². The molecule has 1 amide bonds. The lowest BCUT2D eigenvalue weighted by Gasteiger charge is -2.24. The lowest BCUT2D eigenvalue weighted by atomic mass is 10.1. The number of ether oxygens (including phenoxy) is 3. The van der Waals surface area contributed by atoms with Crippen LogP contribution in [0.25, 0.3) is 0 Å². The van der Waals surface area contributed by atoms with Crippen LogP contribution in [0.4, 0.5) is 18.0 Å². The molecule has 0 radical (unpaired) electrons. The maximum Gasteiger partial charge on any atom is 0.416 e. The molecule has 0 bridgehead atoms. The first-order valence-electron chi connectivity index (χ1n) is 10.1. The zero-order valence-corrected chi connectivity index (χ0v) is 18.6. The SMILES string of the molecule is COC(=O)c1cn(C2CN(C(=O)OC(C)(C)C)CC2OCc2ccc(C(F)(F)F)cc2)nn1. The number of benzene rings is 1. The largest absolute Gasteiger partial charge is 0.464 e. The molecule has 12 heteroatoms. The predicted molar refractivity (Wildman–Crippen MR) is 108 cm³/mol. The zero-order chi connectivity index (χ0) is 24.4. The van der Waals surface area contributed by atoms with Crippen LogP contribution in [0, 0.1) is 0 Å². The number of hydrogen-bond donors (Lipinski definition) is 0. The average molecular weight is 470 g/mol. The Labute approximate surface area is 188 Å². The van der Waals surface area contributed by atoms with Crippen molar-refractivity contribution < 1.29 is 37.0 Å². The molecule has 1 aromatic heterocycles.